The van der Waals surface area contributed by atoms with E-state index in [4.69, 9.17) is 14.2 Å². The summed E-state index contributed by atoms with van der Waals surface area (Å²) in [6.45, 7) is 3.09. The zero-order valence-electron chi connectivity index (χ0n) is 14.1. The predicted octanol–water partition coefficient (Wildman–Crippen LogP) is 2.71. The first-order valence-electron chi connectivity index (χ1n) is 8.28. The van der Waals surface area contributed by atoms with Crippen LogP contribution in [0.2, 0.25) is 0 Å². The van der Waals surface area contributed by atoms with Crippen molar-refractivity contribution >= 4 is 17.9 Å². The van der Waals surface area contributed by atoms with Gasteiger partial charge in [-0.05, 0) is 31.2 Å². The van der Waals surface area contributed by atoms with Crippen molar-refractivity contribution in [3.63, 3.8) is 0 Å². The van der Waals surface area contributed by atoms with Gasteiger partial charge in [0.05, 0.1) is 6.42 Å². The van der Waals surface area contributed by atoms with Crippen molar-refractivity contribution in [2.75, 3.05) is 6.61 Å². The molecule has 0 aromatic heterocycles. The summed E-state index contributed by atoms with van der Waals surface area (Å²) in [4.78, 5) is 35.1. The third-order valence-electron chi connectivity index (χ3n) is 3.81. The zero-order valence-corrected chi connectivity index (χ0v) is 14.1. The van der Waals surface area contributed by atoms with E-state index in [1.54, 1.807) is 0 Å². The molecule has 0 bridgehead atoms. The lowest BCUT2D eigenvalue weighted by atomic mass is 10.2. The van der Waals surface area contributed by atoms with Crippen LogP contribution in [0.15, 0.2) is 42.5 Å². The summed E-state index contributed by atoms with van der Waals surface area (Å²) < 4.78 is 15.0. The minimum Gasteiger partial charge on any atom is -0.462 e. The van der Waals surface area contributed by atoms with E-state index >= 15 is 0 Å². The smallest absolute Gasteiger partial charge is 0.344 e. The number of hydrogen-bond donors (Lipinski definition) is 0. The van der Waals surface area contributed by atoms with Gasteiger partial charge < -0.3 is 14.2 Å². The number of hydrogen-bond acceptors (Lipinski definition) is 6. The van der Waals surface area contributed by atoms with Gasteiger partial charge >= 0.3 is 17.9 Å². The highest BCUT2D eigenvalue weighted by molar-refractivity contribution is 5.94. The summed E-state index contributed by atoms with van der Waals surface area (Å²) >= 11 is 0. The molecular weight excluding hydrogens is 324 g/mol. The Morgan fingerprint density at radius 1 is 1.00 bits per heavy atom. The van der Waals surface area contributed by atoms with Crippen LogP contribution in [0.1, 0.15) is 37.7 Å². The maximum Gasteiger partial charge on any atom is 0.344 e. The number of carbonyl (C=O) groups excluding carboxylic acids is 3. The van der Waals surface area contributed by atoms with Crippen molar-refractivity contribution in [1.29, 1.82) is 0 Å². The first-order chi connectivity index (χ1) is 12.0. The zero-order chi connectivity index (χ0) is 18.1. The largest absolute Gasteiger partial charge is 0.462 e. The normalized spacial score (nSPS) is 13.9. The lowest BCUT2D eigenvalue weighted by Crippen LogP contribution is -2.20. The van der Waals surface area contributed by atoms with Crippen molar-refractivity contribution in [3.8, 4) is 0 Å². The highest BCUT2D eigenvalue weighted by Crippen LogP contribution is 2.21. The number of ether oxygens (including phenoxy) is 3. The van der Waals surface area contributed by atoms with Crippen LogP contribution < -0.4 is 0 Å². The molecule has 2 rings (SSSR count). The fourth-order valence-electron chi connectivity index (χ4n) is 2.49. The number of carbonyl (C=O) groups is 3. The Bertz CT molecular complexity index is 616. The summed E-state index contributed by atoms with van der Waals surface area (Å²) in [5.74, 6) is -1.97. The molecule has 0 aliphatic heterocycles. The molecule has 0 atom stereocenters. The van der Waals surface area contributed by atoms with Crippen LogP contribution in [-0.4, -0.2) is 30.6 Å². The molecule has 0 spiro atoms. The average Bonchev–Trinajstić information content (AvgIpc) is 3.11. The lowest BCUT2D eigenvalue weighted by Gasteiger charge is -2.12. The molecule has 1 aliphatic carbocycles. The maximum atomic E-state index is 11.8. The molecule has 1 aromatic rings. The molecule has 25 heavy (non-hydrogen) atoms. The van der Waals surface area contributed by atoms with E-state index in [1.165, 1.54) is 0 Å². The quantitative estimate of drug-likeness (QED) is 0.409. The van der Waals surface area contributed by atoms with Gasteiger partial charge in [-0.2, -0.15) is 0 Å². The maximum absolute atomic E-state index is 11.8. The molecule has 0 heterocycles. The van der Waals surface area contributed by atoms with E-state index in [9.17, 15) is 14.4 Å². The highest BCUT2D eigenvalue weighted by Gasteiger charge is 2.21. The number of esters is 3. The first kappa shape index (κ1) is 18.7. The standard InChI is InChI=1S/C19H22O6/c1-14(11-17(20)25-16-9-5-6-10-16)19(22)24-13-18(21)23-12-15-7-3-2-4-8-15/h2-4,7-8,16H,1,5-6,9-13H2. The Morgan fingerprint density at radius 2 is 1.68 bits per heavy atom. The number of rotatable bonds is 8. The second-order valence-electron chi connectivity index (χ2n) is 5.90. The number of benzene rings is 1. The Labute approximate surface area is 146 Å². The van der Waals surface area contributed by atoms with Gasteiger partial charge in [-0.25, -0.2) is 9.59 Å². The van der Waals surface area contributed by atoms with E-state index in [0.717, 1.165) is 31.2 Å². The van der Waals surface area contributed by atoms with Gasteiger partial charge in [-0.1, -0.05) is 36.9 Å². The Kier molecular flexibility index (Phi) is 7.19. The van der Waals surface area contributed by atoms with Crippen LogP contribution in [0.5, 0.6) is 0 Å². The van der Waals surface area contributed by atoms with Crippen molar-refractivity contribution < 1.29 is 28.6 Å². The summed E-state index contributed by atoms with van der Waals surface area (Å²) in [6.07, 6.45) is 3.50. The molecule has 1 fully saturated rings. The van der Waals surface area contributed by atoms with Crippen LogP contribution in [-0.2, 0) is 35.2 Å². The van der Waals surface area contributed by atoms with E-state index in [0.29, 0.717) is 0 Å². The predicted molar refractivity (Wildman–Crippen MR) is 89.3 cm³/mol. The van der Waals surface area contributed by atoms with E-state index in [2.05, 4.69) is 6.58 Å². The second-order valence-corrected chi connectivity index (χ2v) is 5.90. The fourth-order valence-corrected chi connectivity index (χ4v) is 2.49. The van der Waals surface area contributed by atoms with Gasteiger partial charge in [-0.15, -0.1) is 0 Å². The average molecular weight is 346 g/mol. The summed E-state index contributed by atoms with van der Waals surface area (Å²) in [6, 6.07) is 9.15. The minimum absolute atomic E-state index is 0.0427. The molecule has 6 heteroatoms. The van der Waals surface area contributed by atoms with Crippen LogP contribution in [0, 0.1) is 0 Å². The van der Waals surface area contributed by atoms with Crippen molar-refractivity contribution in [1.82, 2.24) is 0 Å². The van der Waals surface area contributed by atoms with Crippen LogP contribution in [0.3, 0.4) is 0 Å². The van der Waals surface area contributed by atoms with Crippen molar-refractivity contribution in [2.24, 2.45) is 0 Å². The molecule has 0 saturated heterocycles. The second kappa shape index (κ2) is 9.61. The third-order valence-corrected chi connectivity index (χ3v) is 3.81. The Morgan fingerprint density at radius 3 is 2.36 bits per heavy atom. The van der Waals surface area contributed by atoms with E-state index in [1.807, 2.05) is 30.3 Å². The molecule has 1 aliphatic rings. The van der Waals surface area contributed by atoms with E-state index in [-0.39, 0.29) is 24.7 Å². The van der Waals surface area contributed by atoms with Crippen LogP contribution in [0.25, 0.3) is 0 Å². The Hall–Kier alpha value is -2.63. The topological polar surface area (TPSA) is 78.9 Å². The van der Waals surface area contributed by atoms with Gasteiger partial charge in [0, 0.05) is 5.57 Å². The fraction of sp³-hybridized carbons (Fsp3) is 0.421. The Balaban J connectivity index is 1.63. The van der Waals surface area contributed by atoms with Crippen molar-refractivity contribution in [2.45, 2.75) is 44.8 Å². The summed E-state index contributed by atoms with van der Waals surface area (Å²) in [5, 5.41) is 0. The molecule has 134 valence electrons. The highest BCUT2D eigenvalue weighted by atomic mass is 16.6. The first-order valence-corrected chi connectivity index (χ1v) is 8.28. The van der Waals surface area contributed by atoms with Crippen molar-refractivity contribution in [3.05, 3.63) is 48.0 Å². The summed E-state index contributed by atoms with van der Waals surface area (Å²) in [7, 11) is 0. The molecule has 0 radical (unpaired) electrons. The molecular formula is C19H22O6. The van der Waals surface area contributed by atoms with E-state index < -0.39 is 24.5 Å². The molecule has 6 nitrogen and oxygen atoms in total. The van der Waals surface area contributed by atoms with Crippen LogP contribution >= 0.6 is 0 Å². The van der Waals surface area contributed by atoms with Gasteiger partial charge in [0.25, 0.3) is 0 Å². The monoisotopic (exact) mass is 346 g/mol. The van der Waals surface area contributed by atoms with Gasteiger partial charge in [0.15, 0.2) is 6.61 Å². The molecule has 0 amide bonds. The minimum atomic E-state index is -0.806. The summed E-state index contributed by atoms with van der Waals surface area (Å²) in [5.41, 5.74) is 0.792. The van der Waals surface area contributed by atoms with Gasteiger partial charge in [-0.3, -0.25) is 4.79 Å². The van der Waals surface area contributed by atoms with Gasteiger partial charge in [0.1, 0.15) is 12.7 Å². The molecule has 1 saturated carbocycles. The van der Waals surface area contributed by atoms with Crippen LogP contribution in [0.4, 0.5) is 0 Å². The third kappa shape index (κ3) is 6.79. The van der Waals surface area contributed by atoms with Gasteiger partial charge in [0.2, 0.25) is 0 Å². The molecule has 0 unspecified atom stereocenters. The SMILES string of the molecule is C=C(CC(=O)OC1CCCC1)C(=O)OCC(=O)OCc1ccccc1. The molecule has 1 aromatic carbocycles. The lowest BCUT2D eigenvalue weighted by molar-refractivity contribution is -0.158. The molecule has 0 N–H and O–H groups in total.